The minimum Gasteiger partial charge on any atom is -0.313 e. The van der Waals surface area contributed by atoms with E-state index in [1.807, 2.05) is 48.5 Å². The first-order valence-corrected chi connectivity index (χ1v) is 9.67. The van der Waals surface area contributed by atoms with Crippen LogP contribution in [-0.4, -0.2) is 20.5 Å². The van der Waals surface area contributed by atoms with Crippen molar-refractivity contribution in [2.75, 3.05) is 11.1 Å². The Morgan fingerprint density at radius 3 is 2.00 bits per heavy atom. The van der Waals surface area contributed by atoms with Gasteiger partial charge in [0.2, 0.25) is 0 Å². The predicted octanol–water partition coefficient (Wildman–Crippen LogP) is 4.05. The monoisotopic (exact) mass is 287 g/mol. The maximum Gasteiger partial charge on any atom is 0.260 e. The minimum atomic E-state index is -2.89. The van der Waals surface area contributed by atoms with Gasteiger partial charge in [-0.2, -0.15) is 0 Å². The van der Waals surface area contributed by atoms with E-state index in [0.717, 1.165) is 5.69 Å². The van der Waals surface area contributed by atoms with Crippen LogP contribution < -0.4 is 4.90 Å². The third-order valence-corrected chi connectivity index (χ3v) is 3.94. The molecule has 0 atom stereocenters. The Hall–Kier alpha value is -1.94. The van der Waals surface area contributed by atoms with Gasteiger partial charge < -0.3 is 9.01 Å². The molecular weight excluding hydrogens is 269 g/mol. The number of halogens is 1. The van der Waals surface area contributed by atoms with Crippen LogP contribution in [0.2, 0.25) is 13.1 Å². The second kappa shape index (κ2) is 6.01. The Morgan fingerprint density at radius 2 is 1.50 bits per heavy atom. The fourth-order valence-corrected chi connectivity index (χ4v) is 3.08. The van der Waals surface area contributed by atoms with Crippen molar-refractivity contribution in [2.45, 2.75) is 13.1 Å². The van der Waals surface area contributed by atoms with Crippen molar-refractivity contribution in [3.8, 4) is 0 Å². The maximum absolute atomic E-state index is 14.1. The molecule has 0 radical (unpaired) electrons. The predicted molar refractivity (Wildman–Crippen MR) is 83.2 cm³/mol. The van der Waals surface area contributed by atoms with E-state index in [0.29, 0.717) is 5.56 Å². The number of carbonyl (C=O) groups is 1. The smallest absolute Gasteiger partial charge is 0.260 e. The van der Waals surface area contributed by atoms with Crippen LogP contribution in [-0.2, 0) is 0 Å². The lowest BCUT2D eigenvalue weighted by molar-refractivity contribution is 0.0990. The van der Waals surface area contributed by atoms with E-state index in [2.05, 4.69) is 0 Å². The van der Waals surface area contributed by atoms with Crippen molar-refractivity contribution in [1.29, 1.82) is 0 Å². The first kappa shape index (κ1) is 14.5. The summed E-state index contributed by atoms with van der Waals surface area (Å²) in [5, 5.41) is 0. The van der Waals surface area contributed by atoms with Crippen molar-refractivity contribution >= 4 is 20.0 Å². The summed E-state index contributed by atoms with van der Waals surface area (Å²) in [6, 6.07) is 18.3. The van der Waals surface area contributed by atoms with Gasteiger partial charge >= 0.3 is 0 Å². The summed E-state index contributed by atoms with van der Waals surface area (Å²) in [4.78, 5) is 14.1. The quantitative estimate of drug-likeness (QED) is 0.614. The molecule has 0 heterocycles. The molecule has 0 aromatic heterocycles. The van der Waals surface area contributed by atoms with Gasteiger partial charge in [0.15, 0.2) is 0 Å². The van der Waals surface area contributed by atoms with Crippen LogP contribution in [0.1, 0.15) is 10.4 Å². The number of rotatable bonds is 4. The Kier molecular flexibility index (Phi) is 4.34. The summed E-state index contributed by atoms with van der Waals surface area (Å²) in [6.07, 6.45) is 0.157. The first-order chi connectivity index (χ1) is 9.47. The van der Waals surface area contributed by atoms with Crippen LogP contribution in [0.4, 0.5) is 9.80 Å². The third-order valence-electron chi connectivity index (χ3n) is 2.87. The average molecular weight is 287 g/mol. The van der Waals surface area contributed by atoms with Crippen LogP contribution in [0, 0.1) is 0 Å². The van der Waals surface area contributed by atoms with Gasteiger partial charge in [-0.1, -0.05) is 36.4 Å². The lowest BCUT2D eigenvalue weighted by Gasteiger charge is -2.26. The van der Waals surface area contributed by atoms with Crippen LogP contribution in [0.25, 0.3) is 0 Å². The van der Waals surface area contributed by atoms with Crippen LogP contribution in [0.5, 0.6) is 0 Å². The highest BCUT2D eigenvalue weighted by Gasteiger charge is 2.28. The molecule has 0 aliphatic heterocycles. The van der Waals surface area contributed by atoms with Crippen molar-refractivity contribution in [1.82, 2.24) is 0 Å². The van der Waals surface area contributed by atoms with Gasteiger partial charge in [-0.05, 0) is 37.4 Å². The van der Waals surface area contributed by atoms with E-state index >= 15 is 0 Å². The molecule has 0 bridgehead atoms. The molecule has 0 saturated heterocycles. The number of hydrogen-bond donors (Lipinski definition) is 0. The molecule has 2 aromatic rings. The van der Waals surface area contributed by atoms with Crippen molar-refractivity contribution in [3.63, 3.8) is 0 Å². The van der Waals surface area contributed by atoms with Gasteiger partial charge in [0.25, 0.3) is 14.3 Å². The van der Waals surface area contributed by atoms with Gasteiger partial charge in [-0.3, -0.25) is 4.79 Å². The first-order valence-electron chi connectivity index (χ1n) is 6.58. The molecule has 0 aliphatic carbocycles. The highest BCUT2D eigenvalue weighted by atomic mass is 28.4. The second-order valence-corrected chi connectivity index (χ2v) is 9.07. The summed E-state index contributed by atoms with van der Waals surface area (Å²) in [6.45, 7) is 3.22. The molecule has 104 valence electrons. The molecule has 0 saturated carbocycles. The molecule has 0 unspecified atom stereocenters. The molecule has 0 spiro atoms. The summed E-state index contributed by atoms with van der Waals surface area (Å²) in [5.74, 6) is -0.157. The third kappa shape index (κ3) is 3.77. The lowest BCUT2D eigenvalue weighted by atomic mass is 10.2. The van der Waals surface area contributed by atoms with Crippen molar-refractivity contribution < 1.29 is 8.90 Å². The summed E-state index contributed by atoms with van der Waals surface area (Å²) >= 11 is 0. The summed E-state index contributed by atoms with van der Waals surface area (Å²) < 4.78 is 14.1. The fourth-order valence-electron chi connectivity index (χ4n) is 2.00. The molecule has 2 rings (SSSR count). The molecule has 1 amide bonds. The molecule has 20 heavy (non-hydrogen) atoms. The maximum atomic E-state index is 14.1. The van der Waals surface area contributed by atoms with E-state index in [1.54, 1.807) is 30.1 Å². The number of anilines is 1. The molecule has 0 aliphatic rings. The largest absolute Gasteiger partial charge is 0.313 e. The van der Waals surface area contributed by atoms with Crippen LogP contribution in [0.15, 0.2) is 60.7 Å². The molecule has 0 fully saturated rings. The Balaban J connectivity index is 2.35. The highest BCUT2D eigenvalue weighted by molar-refractivity contribution is 6.71. The van der Waals surface area contributed by atoms with Gasteiger partial charge in [-0.25, -0.2) is 0 Å². The molecule has 2 nitrogen and oxygen atoms in total. The van der Waals surface area contributed by atoms with Gasteiger partial charge in [0.1, 0.15) is 0 Å². The molecule has 0 N–H and O–H groups in total. The van der Waals surface area contributed by atoms with E-state index in [-0.39, 0.29) is 12.1 Å². The topological polar surface area (TPSA) is 20.3 Å². The van der Waals surface area contributed by atoms with Crippen molar-refractivity contribution in [2.24, 2.45) is 0 Å². The lowest BCUT2D eigenvalue weighted by Crippen LogP contribution is -2.43. The number of hydrogen-bond acceptors (Lipinski definition) is 1. The zero-order valence-electron chi connectivity index (χ0n) is 11.7. The van der Waals surface area contributed by atoms with E-state index in [9.17, 15) is 8.90 Å². The number of para-hydroxylation sites is 1. The minimum absolute atomic E-state index is 0.157. The van der Waals surface area contributed by atoms with Crippen LogP contribution >= 0.6 is 0 Å². The number of nitrogens with zero attached hydrogens (tertiary/aromatic N) is 1. The normalized spacial score (nSPS) is 11.2. The van der Waals surface area contributed by atoms with Crippen molar-refractivity contribution in [3.05, 3.63) is 66.2 Å². The summed E-state index contributed by atoms with van der Waals surface area (Å²) in [7, 11) is -2.89. The van der Waals surface area contributed by atoms with E-state index < -0.39 is 8.41 Å². The van der Waals surface area contributed by atoms with Gasteiger partial charge in [-0.15, -0.1) is 0 Å². The molecule has 4 heteroatoms. The SMILES string of the molecule is C[Si](C)(F)CN(C(=O)c1ccccc1)c1ccccc1. The van der Waals surface area contributed by atoms with Gasteiger partial charge in [0, 0.05) is 17.4 Å². The average Bonchev–Trinajstić information content (AvgIpc) is 2.45. The number of amides is 1. The fraction of sp³-hybridized carbons (Fsp3) is 0.188. The van der Waals surface area contributed by atoms with Crippen LogP contribution in [0.3, 0.4) is 0 Å². The van der Waals surface area contributed by atoms with E-state index in [4.69, 9.17) is 0 Å². The Bertz CT molecular complexity index is 566. The zero-order chi connectivity index (χ0) is 14.6. The second-order valence-electron chi connectivity index (χ2n) is 5.31. The molecule has 2 aromatic carbocycles. The number of benzene rings is 2. The number of carbonyl (C=O) groups excluding carboxylic acids is 1. The summed E-state index contributed by atoms with van der Waals surface area (Å²) in [5.41, 5.74) is 1.31. The van der Waals surface area contributed by atoms with E-state index in [1.165, 1.54) is 0 Å². The Labute approximate surface area is 120 Å². The highest BCUT2D eigenvalue weighted by Crippen LogP contribution is 2.20. The zero-order valence-corrected chi connectivity index (χ0v) is 12.7. The Morgan fingerprint density at radius 1 is 1.00 bits per heavy atom. The molecular formula is C16H18FNOSi. The standard InChI is InChI=1S/C16H18FNOSi/c1-20(2,17)13-18(15-11-7-4-8-12-15)16(19)14-9-5-3-6-10-14/h3-12H,13H2,1-2H3. The van der Waals surface area contributed by atoms with Gasteiger partial charge in [0.05, 0.1) is 0 Å².